The second-order valence-electron chi connectivity index (χ2n) is 2.29. The summed E-state index contributed by atoms with van der Waals surface area (Å²) in [6, 6.07) is 0. The van der Waals surface area contributed by atoms with Gasteiger partial charge in [0.1, 0.15) is 0 Å². The lowest BCUT2D eigenvalue weighted by Crippen LogP contribution is -1.67. The van der Waals surface area contributed by atoms with E-state index in [0.717, 1.165) is 12.8 Å². The van der Waals surface area contributed by atoms with Crippen molar-refractivity contribution in [3.05, 3.63) is 24.3 Å². The van der Waals surface area contributed by atoms with Gasteiger partial charge < -0.3 is 5.11 Å². The SMILES string of the molecule is CCCC#CC#C/C=C/C=C/CO. The van der Waals surface area contributed by atoms with Crippen LogP contribution in [-0.2, 0) is 0 Å². The third kappa shape index (κ3) is 10.6. The largest absolute Gasteiger partial charge is 0.392 e. The van der Waals surface area contributed by atoms with Crippen LogP contribution in [0.15, 0.2) is 24.3 Å². The molecule has 0 aliphatic rings. The zero-order valence-electron chi connectivity index (χ0n) is 7.88. The first-order valence-corrected chi connectivity index (χ1v) is 4.32. The van der Waals surface area contributed by atoms with Crippen LogP contribution in [0.3, 0.4) is 0 Å². The van der Waals surface area contributed by atoms with Gasteiger partial charge in [0.25, 0.3) is 0 Å². The molecule has 0 saturated heterocycles. The topological polar surface area (TPSA) is 20.2 Å². The summed E-state index contributed by atoms with van der Waals surface area (Å²) >= 11 is 0. The summed E-state index contributed by atoms with van der Waals surface area (Å²) in [5, 5.41) is 8.39. The average molecular weight is 174 g/mol. The van der Waals surface area contributed by atoms with Gasteiger partial charge in [-0.1, -0.05) is 37.0 Å². The highest BCUT2D eigenvalue weighted by Crippen LogP contribution is 1.79. The van der Waals surface area contributed by atoms with Crippen molar-refractivity contribution in [1.82, 2.24) is 0 Å². The molecule has 0 rings (SSSR count). The van der Waals surface area contributed by atoms with Gasteiger partial charge in [-0.3, -0.25) is 0 Å². The summed E-state index contributed by atoms with van der Waals surface area (Å²) in [7, 11) is 0. The minimum Gasteiger partial charge on any atom is -0.392 e. The van der Waals surface area contributed by atoms with Crippen LogP contribution in [0, 0.1) is 23.7 Å². The van der Waals surface area contributed by atoms with E-state index in [-0.39, 0.29) is 6.61 Å². The van der Waals surface area contributed by atoms with Crippen LogP contribution in [0.5, 0.6) is 0 Å². The van der Waals surface area contributed by atoms with Crippen LogP contribution in [0.25, 0.3) is 0 Å². The minimum atomic E-state index is 0.0636. The molecule has 68 valence electrons. The van der Waals surface area contributed by atoms with Crippen molar-refractivity contribution in [2.45, 2.75) is 19.8 Å². The first kappa shape index (κ1) is 11.6. The monoisotopic (exact) mass is 174 g/mol. The Morgan fingerprint density at radius 3 is 2.77 bits per heavy atom. The molecule has 0 saturated carbocycles. The molecule has 0 unspecified atom stereocenters. The zero-order valence-corrected chi connectivity index (χ0v) is 7.88. The van der Waals surface area contributed by atoms with Gasteiger partial charge in [0.15, 0.2) is 0 Å². The van der Waals surface area contributed by atoms with Crippen molar-refractivity contribution in [2.75, 3.05) is 6.61 Å². The number of aliphatic hydroxyl groups excluding tert-OH is 1. The molecule has 0 aliphatic carbocycles. The highest BCUT2D eigenvalue weighted by molar-refractivity contribution is 5.31. The fraction of sp³-hybridized carbons (Fsp3) is 0.333. The van der Waals surface area contributed by atoms with Crippen LogP contribution in [0.4, 0.5) is 0 Å². The van der Waals surface area contributed by atoms with Crippen LogP contribution < -0.4 is 0 Å². The van der Waals surface area contributed by atoms with Crippen molar-refractivity contribution in [1.29, 1.82) is 0 Å². The van der Waals surface area contributed by atoms with Crippen molar-refractivity contribution in [3.63, 3.8) is 0 Å². The fourth-order valence-electron chi connectivity index (χ4n) is 0.553. The molecule has 0 aromatic heterocycles. The van der Waals surface area contributed by atoms with Gasteiger partial charge in [0.05, 0.1) is 6.61 Å². The maximum absolute atomic E-state index is 8.39. The molecule has 0 aromatic rings. The van der Waals surface area contributed by atoms with Crippen molar-refractivity contribution in [2.24, 2.45) is 0 Å². The molecular weight excluding hydrogens is 160 g/mol. The molecule has 0 aromatic carbocycles. The molecule has 1 heteroatoms. The number of hydrogen-bond acceptors (Lipinski definition) is 1. The Kier molecular flexibility index (Phi) is 9.39. The van der Waals surface area contributed by atoms with Gasteiger partial charge in [0, 0.05) is 6.42 Å². The highest BCUT2D eigenvalue weighted by atomic mass is 16.2. The Morgan fingerprint density at radius 2 is 2.08 bits per heavy atom. The van der Waals surface area contributed by atoms with E-state index < -0.39 is 0 Å². The molecule has 1 N–H and O–H groups in total. The number of rotatable bonds is 3. The van der Waals surface area contributed by atoms with E-state index in [1.807, 2.05) is 0 Å². The standard InChI is InChI=1S/C12H14O/c1-2-3-4-5-6-7-8-9-10-11-12-13/h8-11,13H,2-3,12H2,1H3/b9-8+,11-10+. The normalized spacial score (nSPS) is 9.38. The Morgan fingerprint density at radius 1 is 1.23 bits per heavy atom. The predicted molar refractivity (Wildman–Crippen MR) is 55.8 cm³/mol. The minimum absolute atomic E-state index is 0.0636. The summed E-state index contributed by atoms with van der Waals surface area (Å²) in [5.74, 6) is 11.1. The smallest absolute Gasteiger partial charge is 0.0615 e. The van der Waals surface area contributed by atoms with Crippen LogP contribution in [0.1, 0.15) is 19.8 Å². The Labute approximate surface area is 80.2 Å². The summed E-state index contributed by atoms with van der Waals surface area (Å²) in [5.41, 5.74) is 0. The Balaban J connectivity index is 3.68. The second-order valence-corrected chi connectivity index (χ2v) is 2.29. The number of aliphatic hydroxyl groups is 1. The molecule has 13 heavy (non-hydrogen) atoms. The van der Waals surface area contributed by atoms with Crippen LogP contribution in [0.2, 0.25) is 0 Å². The van der Waals surface area contributed by atoms with Crippen molar-refractivity contribution >= 4 is 0 Å². The molecule has 1 nitrogen and oxygen atoms in total. The van der Waals surface area contributed by atoms with E-state index in [9.17, 15) is 0 Å². The number of hydrogen-bond donors (Lipinski definition) is 1. The molecule has 0 atom stereocenters. The van der Waals surface area contributed by atoms with Gasteiger partial charge in [-0.25, -0.2) is 0 Å². The van der Waals surface area contributed by atoms with E-state index in [2.05, 4.69) is 30.6 Å². The quantitative estimate of drug-likeness (QED) is 0.512. The molecule has 0 spiro atoms. The van der Waals surface area contributed by atoms with E-state index in [4.69, 9.17) is 5.11 Å². The third-order valence-corrected chi connectivity index (χ3v) is 1.13. The van der Waals surface area contributed by atoms with E-state index in [0.29, 0.717) is 0 Å². The molecule has 0 radical (unpaired) electrons. The first-order chi connectivity index (χ1) is 6.41. The second kappa shape index (κ2) is 10.6. The predicted octanol–water partition coefficient (Wildman–Crippen LogP) is 1.90. The third-order valence-electron chi connectivity index (χ3n) is 1.13. The molecule has 0 aliphatic heterocycles. The molecule has 0 amide bonds. The van der Waals surface area contributed by atoms with E-state index in [1.165, 1.54) is 0 Å². The maximum atomic E-state index is 8.39. The maximum Gasteiger partial charge on any atom is 0.0615 e. The highest BCUT2D eigenvalue weighted by Gasteiger charge is 1.66. The summed E-state index contributed by atoms with van der Waals surface area (Å²) < 4.78 is 0. The molecule has 0 fully saturated rings. The van der Waals surface area contributed by atoms with Crippen LogP contribution >= 0.6 is 0 Å². The van der Waals surface area contributed by atoms with E-state index in [1.54, 1.807) is 24.3 Å². The first-order valence-electron chi connectivity index (χ1n) is 4.32. The summed E-state index contributed by atoms with van der Waals surface area (Å²) in [4.78, 5) is 0. The van der Waals surface area contributed by atoms with Gasteiger partial charge in [-0.15, -0.1) is 0 Å². The average Bonchev–Trinajstić information content (AvgIpc) is 2.16. The lowest BCUT2D eigenvalue weighted by Gasteiger charge is -1.73. The summed E-state index contributed by atoms with van der Waals surface area (Å²) in [6.45, 7) is 2.15. The molecular formula is C12H14O. The lowest BCUT2D eigenvalue weighted by atomic mass is 10.3. The van der Waals surface area contributed by atoms with Gasteiger partial charge >= 0.3 is 0 Å². The van der Waals surface area contributed by atoms with Crippen molar-refractivity contribution < 1.29 is 5.11 Å². The number of unbranched alkanes of at least 4 members (excludes halogenated alkanes) is 1. The van der Waals surface area contributed by atoms with Gasteiger partial charge in [-0.05, 0) is 24.3 Å². The lowest BCUT2D eigenvalue weighted by molar-refractivity contribution is 0.343. The van der Waals surface area contributed by atoms with Crippen LogP contribution in [-0.4, -0.2) is 11.7 Å². The zero-order chi connectivity index (χ0) is 9.78. The molecule has 0 bridgehead atoms. The Hall–Kier alpha value is -1.44. The fourth-order valence-corrected chi connectivity index (χ4v) is 0.553. The number of allylic oxidation sites excluding steroid dienone is 3. The Bertz CT molecular complexity index is 276. The summed E-state index contributed by atoms with van der Waals surface area (Å²) in [6.07, 6.45) is 8.83. The molecule has 0 heterocycles. The van der Waals surface area contributed by atoms with Gasteiger partial charge in [-0.2, -0.15) is 0 Å². The van der Waals surface area contributed by atoms with Gasteiger partial charge in [0.2, 0.25) is 0 Å². The van der Waals surface area contributed by atoms with E-state index >= 15 is 0 Å². The van der Waals surface area contributed by atoms with Crippen molar-refractivity contribution in [3.8, 4) is 23.7 Å².